The molecule has 3 aromatic carbocycles. The van der Waals surface area contributed by atoms with E-state index >= 15 is 0 Å². The van der Waals surface area contributed by atoms with Crippen molar-refractivity contribution in [3.63, 3.8) is 0 Å². The van der Waals surface area contributed by atoms with Gasteiger partial charge in [0.25, 0.3) is 5.91 Å². The Bertz CT molecular complexity index is 1090. The summed E-state index contributed by atoms with van der Waals surface area (Å²) in [5.41, 5.74) is 3.04. The van der Waals surface area contributed by atoms with Crippen LogP contribution in [0.1, 0.15) is 27.6 Å². The van der Waals surface area contributed by atoms with E-state index in [0.717, 1.165) is 21.9 Å². The molecular weight excluding hydrogens is 380 g/mol. The first-order valence-electron chi connectivity index (χ1n) is 9.70. The van der Waals surface area contributed by atoms with E-state index in [9.17, 15) is 14.4 Å². The van der Waals surface area contributed by atoms with Gasteiger partial charge in [-0.3, -0.25) is 9.59 Å². The first kappa shape index (κ1) is 21.0. The molecule has 30 heavy (non-hydrogen) atoms. The molecule has 0 aliphatic rings. The molecule has 3 rings (SSSR count). The smallest absolute Gasteiger partial charge is 0.338 e. The quantitative estimate of drug-likeness (QED) is 0.638. The maximum atomic E-state index is 12.6. The van der Waals surface area contributed by atoms with Crippen molar-refractivity contribution in [3.8, 4) is 11.1 Å². The number of carbonyl (C=O) groups is 3. The molecule has 3 aromatic rings. The zero-order valence-electron chi connectivity index (χ0n) is 17.3. The van der Waals surface area contributed by atoms with Gasteiger partial charge in [0, 0.05) is 19.7 Å². The van der Waals surface area contributed by atoms with Gasteiger partial charge in [-0.1, -0.05) is 30.3 Å². The van der Waals surface area contributed by atoms with Gasteiger partial charge in [0.2, 0.25) is 5.91 Å². The summed E-state index contributed by atoms with van der Waals surface area (Å²) in [4.78, 5) is 37.3. The number of nitrogens with one attached hydrogen (secondary N) is 1. The van der Waals surface area contributed by atoms with E-state index in [1.165, 1.54) is 4.90 Å². The topological polar surface area (TPSA) is 75.7 Å². The maximum Gasteiger partial charge on any atom is 0.338 e. The predicted octanol–water partition coefficient (Wildman–Crippen LogP) is 3.50. The SMILES string of the molecule is CCOC(=O)c1ccc(-c2ccc3cc(C(=O)N(C)CC(=O)NC)ccc3c2)cc1. The van der Waals surface area contributed by atoms with Crippen molar-refractivity contribution in [2.24, 2.45) is 0 Å². The summed E-state index contributed by atoms with van der Waals surface area (Å²) in [6, 6.07) is 18.7. The lowest BCUT2D eigenvalue weighted by molar-refractivity contribution is -0.121. The van der Waals surface area contributed by atoms with Crippen LogP contribution in [0.25, 0.3) is 21.9 Å². The molecule has 0 atom stereocenters. The van der Waals surface area contributed by atoms with Gasteiger partial charge in [0.15, 0.2) is 0 Å². The molecule has 6 nitrogen and oxygen atoms in total. The third-order valence-electron chi connectivity index (χ3n) is 4.82. The minimum absolute atomic E-state index is 0.00804. The average molecular weight is 404 g/mol. The minimum Gasteiger partial charge on any atom is -0.462 e. The highest BCUT2D eigenvalue weighted by molar-refractivity contribution is 6.00. The Morgan fingerprint density at radius 1 is 0.867 bits per heavy atom. The summed E-state index contributed by atoms with van der Waals surface area (Å²) in [5.74, 6) is -0.759. The van der Waals surface area contributed by atoms with Crippen molar-refractivity contribution in [1.82, 2.24) is 10.2 Å². The Hall–Kier alpha value is -3.67. The number of carbonyl (C=O) groups excluding carboxylic acids is 3. The van der Waals surface area contributed by atoms with Gasteiger partial charge in [-0.25, -0.2) is 4.79 Å². The fourth-order valence-corrected chi connectivity index (χ4v) is 3.16. The average Bonchev–Trinajstić information content (AvgIpc) is 2.78. The second kappa shape index (κ2) is 9.22. The van der Waals surface area contributed by atoms with E-state index in [1.807, 2.05) is 42.5 Å². The number of ether oxygens (including phenoxy) is 1. The zero-order valence-corrected chi connectivity index (χ0v) is 17.3. The van der Waals surface area contributed by atoms with Crippen LogP contribution < -0.4 is 5.32 Å². The third-order valence-corrected chi connectivity index (χ3v) is 4.82. The van der Waals surface area contributed by atoms with Crippen LogP contribution in [-0.2, 0) is 9.53 Å². The number of fused-ring (bicyclic) bond motifs is 1. The number of nitrogens with zero attached hydrogens (tertiary/aromatic N) is 1. The van der Waals surface area contributed by atoms with Gasteiger partial charge >= 0.3 is 5.97 Å². The molecular formula is C24H24N2O4. The number of hydrogen-bond acceptors (Lipinski definition) is 4. The summed E-state index contributed by atoms with van der Waals surface area (Å²) in [6.45, 7) is 2.13. The number of benzene rings is 3. The molecule has 154 valence electrons. The first-order chi connectivity index (χ1) is 14.4. The Morgan fingerprint density at radius 3 is 2.13 bits per heavy atom. The highest BCUT2D eigenvalue weighted by atomic mass is 16.5. The molecule has 0 radical (unpaired) electrons. The summed E-state index contributed by atoms with van der Waals surface area (Å²) >= 11 is 0. The second-order valence-corrected chi connectivity index (χ2v) is 6.91. The highest BCUT2D eigenvalue weighted by Crippen LogP contribution is 2.26. The molecule has 0 saturated heterocycles. The first-order valence-corrected chi connectivity index (χ1v) is 9.70. The minimum atomic E-state index is -0.332. The largest absolute Gasteiger partial charge is 0.462 e. The molecule has 1 N–H and O–H groups in total. The number of esters is 1. The summed E-state index contributed by atoms with van der Waals surface area (Å²) < 4.78 is 5.01. The van der Waals surface area contributed by atoms with E-state index in [2.05, 4.69) is 5.32 Å². The third kappa shape index (κ3) is 4.66. The Balaban J connectivity index is 1.82. The van der Waals surface area contributed by atoms with Gasteiger partial charge in [-0.2, -0.15) is 0 Å². The molecule has 0 fully saturated rings. The van der Waals surface area contributed by atoms with E-state index in [0.29, 0.717) is 17.7 Å². The molecule has 0 aliphatic heterocycles. The summed E-state index contributed by atoms with van der Waals surface area (Å²) in [6.07, 6.45) is 0. The number of amides is 2. The molecule has 0 bridgehead atoms. The van der Waals surface area contributed by atoms with Gasteiger partial charge in [-0.05, 0) is 59.2 Å². The predicted molar refractivity (Wildman–Crippen MR) is 116 cm³/mol. The van der Waals surface area contributed by atoms with Gasteiger partial charge in [0.05, 0.1) is 18.7 Å². The molecule has 0 unspecified atom stereocenters. The molecule has 0 aromatic heterocycles. The number of hydrogen-bond donors (Lipinski definition) is 1. The number of likely N-dealkylation sites (N-methyl/N-ethyl adjacent to an activating group) is 2. The van der Waals surface area contributed by atoms with E-state index in [-0.39, 0.29) is 24.3 Å². The van der Waals surface area contributed by atoms with Crippen LogP contribution in [0, 0.1) is 0 Å². The van der Waals surface area contributed by atoms with Crippen LogP contribution in [-0.4, -0.2) is 49.9 Å². The highest BCUT2D eigenvalue weighted by Gasteiger charge is 2.15. The van der Waals surface area contributed by atoms with Crippen LogP contribution >= 0.6 is 0 Å². The van der Waals surface area contributed by atoms with Crippen molar-refractivity contribution in [2.45, 2.75) is 6.92 Å². The molecule has 0 aliphatic carbocycles. The van der Waals surface area contributed by atoms with E-state index in [1.54, 1.807) is 39.2 Å². The lowest BCUT2D eigenvalue weighted by Gasteiger charge is -2.16. The molecule has 0 heterocycles. The van der Waals surface area contributed by atoms with Crippen molar-refractivity contribution >= 4 is 28.6 Å². The fourth-order valence-electron chi connectivity index (χ4n) is 3.16. The Kier molecular flexibility index (Phi) is 6.47. The number of rotatable bonds is 6. The normalized spacial score (nSPS) is 10.5. The van der Waals surface area contributed by atoms with Crippen LogP contribution in [0.2, 0.25) is 0 Å². The summed E-state index contributed by atoms with van der Waals surface area (Å²) in [5, 5.41) is 4.44. The monoisotopic (exact) mass is 404 g/mol. The van der Waals surface area contributed by atoms with Crippen molar-refractivity contribution in [1.29, 1.82) is 0 Å². The van der Waals surface area contributed by atoms with Crippen LogP contribution in [0.4, 0.5) is 0 Å². The van der Waals surface area contributed by atoms with Crippen molar-refractivity contribution in [3.05, 3.63) is 71.8 Å². The fraction of sp³-hybridized carbons (Fsp3) is 0.208. The van der Waals surface area contributed by atoms with E-state index < -0.39 is 0 Å². The maximum absolute atomic E-state index is 12.6. The molecule has 6 heteroatoms. The van der Waals surface area contributed by atoms with Gasteiger partial charge in [0.1, 0.15) is 0 Å². The van der Waals surface area contributed by atoms with Crippen molar-refractivity contribution < 1.29 is 19.1 Å². The van der Waals surface area contributed by atoms with Crippen LogP contribution in [0.5, 0.6) is 0 Å². The van der Waals surface area contributed by atoms with Crippen LogP contribution in [0.15, 0.2) is 60.7 Å². The molecule has 2 amide bonds. The second-order valence-electron chi connectivity index (χ2n) is 6.91. The lowest BCUT2D eigenvalue weighted by Crippen LogP contribution is -2.36. The molecule has 0 saturated carbocycles. The van der Waals surface area contributed by atoms with Gasteiger partial charge < -0.3 is 15.0 Å². The van der Waals surface area contributed by atoms with Crippen LogP contribution in [0.3, 0.4) is 0 Å². The van der Waals surface area contributed by atoms with Gasteiger partial charge in [-0.15, -0.1) is 0 Å². The zero-order chi connectivity index (χ0) is 21.7. The summed E-state index contributed by atoms with van der Waals surface area (Å²) in [7, 11) is 3.14. The standard InChI is InChI=1S/C24H24N2O4/c1-4-30-24(29)17-7-5-16(6-8-17)18-9-10-20-14-21(12-11-19(20)13-18)23(28)26(3)15-22(27)25-2/h5-14H,4,15H2,1-3H3,(H,25,27). The molecule has 0 spiro atoms. The lowest BCUT2D eigenvalue weighted by atomic mass is 9.99. The Morgan fingerprint density at radius 2 is 1.47 bits per heavy atom. The van der Waals surface area contributed by atoms with Crippen molar-refractivity contribution in [2.75, 3.05) is 27.2 Å². The van der Waals surface area contributed by atoms with E-state index in [4.69, 9.17) is 4.74 Å². The Labute approximate surface area is 175 Å².